The van der Waals surface area contributed by atoms with Crippen molar-refractivity contribution in [3.05, 3.63) is 187 Å². The second-order valence-electron chi connectivity index (χ2n) is 12.1. The first-order valence-corrected chi connectivity index (χ1v) is 16.6. The first-order chi connectivity index (χ1) is 41.2. The van der Waals surface area contributed by atoms with Crippen molar-refractivity contribution < 1.29 is 46.9 Å². The van der Waals surface area contributed by atoms with E-state index in [4.69, 9.17) is 29.1 Å². The van der Waals surface area contributed by atoms with Crippen LogP contribution < -0.4 is 0 Å². The van der Waals surface area contributed by atoms with E-state index in [1.54, 1.807) is 0 Å². The van der Waals surface area contributed by atoms with Crippen molar-refractivity contribution in [2.75, 3.05) is 0 Å². The maximum atomic E-state index is 9.91. The lowest BCUT2D eigenvalue weighted by Crippen LogP contribution is -2.06. The van der Waals surface area contributed by atoms with Gasteiger partial charge < -0.3 is 8.98 Å². The van der Waals surface area contributed by atoms with Crippen molar-refractivity contribution in [1.82, 2.24) is 24.1 Å². The van der Waals surface area contributed by atoms with Crippen molar-refractivity contribution in [1.29, 1.82) is 0 Å². The van der Waals surface area contributed by atoms with Gasteiger partial charge in [-0.2, -0.15) is 9.97 Å². The number of benzene rings is 8. The lowest BCUT2D eigenvalue weighted by Gasteiger charge is -2.12. The van der Waals surface area contributed by atoms with E-state index in [2.05, 4.69) is 15.0 Å². The van der Waals surface area contributed by atoms with Crippen LogP contribution in [0.2, 0.25) is 0 Å². The summed E-state index contributed by atoms with van der Waals surface area (Å²) in [5.41, 5.74) is -8.02. The highest BCUT2D eigenvalue weighted by Crippen LogP contribution is 2.42. The molecule has 0 bridgehead atoms. The summed E-state index contributed by atoms with van der Waals surface area (Å²) >= 11 is 0. The van der Waals surface area contributed by atoms with Gasteiger partial charge in [-0.1, -0.05) is 145 Å². The molecule has 0 fully saturated rings. The van der Waals surface area contributed by atoms with E-state index in [-0.39, 0.29) is 0 Å². The van der Waals surface area contributed by atoms with Crippen LogP contribution in [0.1, 0.15) is 42.5 Å². The van der Waals surface area contributed by atoms with Crippen LogP contribution in [-0.2, 0) is 0 Å². The average molecular weight is 761 g/mol. The largest absolute Gasteiger partial charge is 0.455 e. The normalized spacial score (nSPS) is 19.5. The monoisotopic (exact) mass is 760 g/mol. The molecule has 6 heteroatoms. The van der Waals surface area contributed by atoms with Crippen molar-refractivity contribution in [2.24, 2.45) is 0 Å². The third-order valence-electron chi connectivity index (χ3n) is 9.04. The lowest BCUT2D eigenvalue weighted by atomic mass is 10.0. The zero-order chi connectivity index (χ0) is 64.4. The van der Waals surface area contributed by atoms with Crippen molar-refractivity contribution in [3.8, 4) is 45.5 Å². The molecule has 12 rings (SSSR count). The van der Waals surface area contributed by atoms with Crippen LogP contribution >= 0.6 is 0 Å². The Bertz CT molecular complexity index is 5270. The van der Waals surface area contributed by atoms with Gasteiger partial charge in [-0.25, -0.2) is 4.98 Å². The summed E-state index contributed by atoms with van der Waals surface area (Å²) in [5.74, 6) is -2.89. The lowest BCUT2D eigenvalue weighted by molar-refractivity contribution is 0.669. The fourth-order valence-electron chi connectivity index (χ4n) is 6.70. The molecule has 4 heterocycles. The molecule has 0 unspecified atom stereocenters. The number of hydrogen-bond acceptors (Lipinski definition) is 4. The smallest absolute Gasteiger partial charge is 0.238 e. The van der Waals surface area contributed by atoms with Gasteiger partial charge in [-0.05, 0) is 53.4 Å². The fourth-order valence-corrected chi connectivity index (χ4v) is 6.70. The molecule has 0 N–H and O–H groups in total. The highest BCUT2D eigenvalue weighted by molar-refractivity contribution is 6.26. The zero-order valence-corrected chi connectivity index (χ0v) is 28.1. The van der Waals surface area contributed by atoms with E-state index in [0.717, 1.165) is 9.13 Å². The number of nitrogens with zero attached hydrogens (tertiary/aromatic N) is 5. The van der Waals surface area contributed by atoms with E-state index in [1.165, 1.54) is 0 Å². The first-order valence-electron chi connectivity index (χ1n) is 32.1. The molecule has 0 atom stereocenters. The molecule has 0 aliphatic carbocycles. The highest BCUT2D eigenvalue weighted by atomic mass is 16.3. The molecule has 266 valence electrons. The molecule has 12 aromatic rings. The van der Waals surface area contributed by atoms with Gasteiger partial charge in [0.15, 0.2) is 11.6 Å². The van der Waals surface area contributed by atoms with Crippen LogP contribution in [0.15, 0.2) is 192 Å². The van der Waals surface area contributed by atoms with E-state index >= 15 is 0 Å². The first kappa shape index (κ1) is 13.7. The quantitative estimate of drug-likeness (QED) is 0.175. The standard InChI is InChI=1S/C51H31N5O/c1-3-14-32(15-4-1)33-26-28-34(29-27-33)49-52-50(41-22-13-21-39-37-19-9-12-25-45(37)57-48(39)41)54-51(53-49)56-43-24-11-8-20-40(43)46-44(56)31-30-38-36-18-7-10-23-42(36)55(47(38)46)35-16-5-2-6-17-35/h1-31H/i1D,2D,3D,4D,5D,6D,7D,8D,9D,10D,11D,12D,13D,14D,15D,16D,17D,18D,19D,20D,21D,22D,23D,24D,25D,26D,27D,28D,29D,30D,31D. The van der Waals surface area contributed by atoms with Gasteiger partial charge in [0.05, 0.1) is 70.1 Å². The maximum absolute atomic E-state index is 9.91. The van der Waals surface area contributed by atoms with Crippen LogP contribution in [0.3, 0.4) is 0 Å². The van der Waals surface area contributed by atoms with Crippen LogP contribution in [0.25, 0.3) is 111 Å². The highest BCUT2D eigenvalue weighted by Gasteiger charge is 2.24. The van der Waals surface area contributed by atoms with Gasteiger partial charge in [0.2, 0.25) is 5.95 Å². The van der Waals surface area contributed by atoms with Crippen LogP contribution in [0.4, 0.5) is 0 Å². The minimum absolute atomic E-state index is 0.460. The Hall–Kier alpha value is -7.83. The summed E-state index contributed by atoms with van der Waals surface area (Å²) in [6.07, 6.45) is 0. The topological polar surface area (TPSA) is 61.7 Å². The Labute approximate surface area is 370 Å². The summed E-state index contributed by atoms with van der Waals surface area (Å²) in [4.78, 5) is 13.6. The van der Waals surface area contributed by atoms with Crippen molar-refractivity contribution >= 4 is 65.6 Å². The van der Waals surface area contributed by atoms with Gasteiger partial charge in [0.1, 0.15) is 11.2 Å². The molecule has 8 aromatic carbocycles. The molecule has 0 aliphatic heterocycles. The minimum Gasteiger partial charge on any atom is -0.455 e. The van der Waals surface area contributed by atoms with Gasteiger partial charge in [-0.3, -0.25) is 4.57 Å². The second-order valence-corrected chi connectivity index (χ2v) is 12.1. The molecule has 0 amide bonds. The molecular weight excluding hydrogens is 699 g/mol. The number of fused-ring (bicyclic) bond motifs is 10. The number of para-hydroxylation sites is 5. The van der Waals surface area contributed by atoms with E-state index in [0.29, 0.717) is 0 Å². The third kappa shape index (κ3) is 4.81. The summed E-state index contributed by atoms with van der Waals surface area (Å²) in [5, 5.41) is -3.33. The Balaban J connectivity index is 1.35. The predicted octanol–water partition coefficient (Wildman–Crippen LogP) is 13.0. The molecule has 0 spiro atoms. The van der Waals surface area contributed by atoms with Crippen molar-refractivity contribution in [2.45, 2.75) is 0 Å². The van der Waals surface area contributed by atoms with Gasteiger partial charge in [-0.15, -0.1) is 0 Å². The summed E-state index contributed by atoms with van der Waals surface area (Å²) in [6.45, 7) is 0. The molecule has 0 saturated heterocycles. The third-order valence-corrected chi connectivity index (χ3v) is 9.04. The summed E-state index contributed by atoms with van der Waals surface area (Å²) in [6, 6.07) is -29.0. The van der Waals surface area contributed by atoms with Crippen LogP contribution in [0.5, 0.6) is 0 Å². The van der Waals surface area contributed by atoms with Gasteiger partial charge in [0, 0.05) is 43.6 Å². The molecule has 0 radical (unpaired) electrons. The molecule has 0 saturated carbocycles. The van der Waals surface area contributed by atoms with E-state index in [1.807, 2.05) is 0 Å². The molecule has 0 aliphatic rings. The minimum atomic E-state index is -1.10. The zero-order valence-electron chi connectivity index (χ0n) is 59.1. The molecule has 4 aromatic heterocycles. The number of hydrogen-bond donors (Lipinski definition) is 0. The second kappa shape index (κ2) is 12.3. The van der Waals surface area contributed by atoms with Crippen molar-refractivity contribution in [3.63, 3.8) is 0 Å². The fraction of sp³-hybridized carbons (Fsp3) is 0. The Morgan fingerprint density at radius 2 is 1.02 bits per heavy atom. The van der Waals surface area contributed by atoms with Crippen LogP contribution in [0, 0.1) is 0 Å². The summed E-state index contributed by atoms with van der Waals surface area (Å²) in [7, 11) is 0. The van der Waals surface area contributed by atoms with Gasteiger partial charge >= 0.3 is 0 Å². The van der Waals surface area contributed by atoms with Gasteiger partial charge in [0.25, 0.3) is 0 Å². The Kier molecular flexibility index (Phi) is 2.97. The van der Waals surface area contributed by atoms with Crippen LogP contribution in [-0.4, -0.2) is 24.1 Å². The average Bonchev–Trinajstić information content (AvgIpc) is 1.52. The maximum Gasteiger partial charge on any atom is 0.238 e. The van der Waals surface area contributed by atoms with E-state index in [9.17, 15) is 17.8 Å². The molecular formula is C51H31N5O. The molecule has 6 nitrogen and oxygen atoms in total. The Morgan fingerprint density at radius 3 is 1.82 bits per heavy atom. The summed E-state index contributed by atoms with van der Waals surface area (Å²) < 4.78 is 286. The number of furan rings is 1. The number of rotatable bonds is 5. The Morgan fingerprint density at radius 1 is 0.404 bits per heavy atom. The predicted molar refractivity (Wildman–Crippen MR) is 232 cm³/mol. The molecule has 57 heavy (non-hydrogen) atoms. The SMILES string of the molecule is [2H]c1c([2H])c([2H])c(-c2c([2H])c([2H])c(-c3nc(-c4c([2H])c([2H])c([2H])c5c4oc4c([2H])c([2H])c([2H])c([2H])c45)nc(-n4c5c([2H])c([2H])c([2H])c([2H])c5c5c4c([2H])c([2H])c4c6c([2H])c([2H])c([2H])c([2H])c6n(-c6c([2H])c([2H])c([2H])c([2H])c6[2H])c45)n3)c([2H])c2[2H])c([2H])c1[2H]. The number of aromatic nitrogens is 5. The van der Waals surface area contributed by atoms with E-state index < -0.39 is 298 Å².